The molecule has 1 aromatic heterocycles. The molecule has 0 bridgehead atoms. The Morgan fingerprint density at radius 3 is 2.75 bits per heavy atom. The molecular formula is C28H46N4O4. The fraction of sp³-hybridized carbons (Fsp3) is 0.750. The Kier molecular flexibility index (Phi) is 11.0. The van der Waals surface area contributed by atoms with Crippen molar-refractivity contribution in [3.63, 3.8) is 0 Å². The third kappa shape index (κ3) is 10.8. The predicted molar refractivity (Wildman–Crippen MR) is 142 cm³/mol. The van der Waals surface area contributed by atoms with Crippen molar-refractivity contribution in [2.45, 2.75) is 84.6 Å². The molecule has 8 nitrogen and oxygen atoms in total. The lowest BCUT2D eigenvalue weighted by molar-refractivity contribution is -0.142. The quantitative estimate of drug-likeness (QED) is 0.295. The van der Waals surface area contributed by atoms with Gasteiger partial charge < -0.3 is 25.4 Å². The Bertz CT molecular complexity index is 850. The highest BCUT2D eigenvalue weighted by Gasteiger charge is 2.24. The maximum atomic E-state index is 12.3. The number of nitrogens with zero attached hydrogens (tertiary/aromatic N) is 2. The monoisotopic (exact) mass is 502 g/mol. The number of aromatic nitrogens is 1. The molecule has 1 aliphatic heterocycles. The second-order valence-corrected chi connectivity index (χ2v) is 11.6. The first-order chi connectivity index (χ1) is 17.2. The highest BCUT2D eigenvalue weighted by atomic mass is 16.5. The van der Waals surface area contributed by atoms with Crippen molar-refractivity contribution in [2.75, 3.05) is 44.7 Å². The number of fused-ring (bicyclic) bond motifs is 1. The molecule has 0 saturated heterocycles. The first kappa shape index (κ1) is 28.4. The molecule has 1 aliphatic carbocycles. The van der Waals surface area contributed by atoms with E-state index in [1.165, 1.54) is 18.4 Å². The number of amides is 1. The van der Waals surface area contributed by atoms with Crippen LogP contribution in [0.25, 0.3) is 0 Å². The zero-order valence-electron chi connectivity index (χ0n) is 22.5. The maximum absolute atomic E-state index is 12.3. The SMILES string of the molecule is CC(C)(C)CC(=O)NC(CCN(CCCCc1ccc2c(n1)NCCC2)CCOCC1CC1)C(=O)O. The van der Waals surface area contributed by atoms with E-state index < -0.39 is 12.0 Å². The number of anilines is 1. The Morgan fingerprint density at radius 2 is 2.03 bits per heavy atom. The minimum Gasteiger partial charge on any atom is -0.480 e. The molecule has 0 aromatic carbocycles. The fourth-order valence-electron chi connectivity index (χ4n) is 4.51. The van der Waals surface area contributed by atoms with Gasteiger partial charge >= 0.3 is 5.97 Å². The second kappa shape index (κ2) is 13.9. The summed E-state index contributed by atoms with van der Waals surface area (Å²) in [7, 11) is 0. The van der Waals surface area contributed by atoms with E-state index in [1.54, 1.807) is 0 Å². The number of unbranched alkanes of at least 4 members (excludes halogenated alkanes) is 1. The summed E-state index contributed by atoms with van der Waals surface area (Å²) in [5.74, 6) is 0.587. The van der Waals surface area contributed by atoms with E-state index in [0.717, 1.165) is 75.8 Å². The van der Waals surface area contributed by atoms with E-state index in [9.17, 15) is 14.7 Å². The number of carboxylic acids is 1. The Hall–Kier alpha value is -2.19. The number of aliphatic carboxylic acids is 1. The minimum absolute atomic E-state index is 0.180. The van der Waals surface area contributed by atoms with Crippen molar-refractivity contribution in [3.05, 3.63) is 23.4 Å². The summed E-state index contributed by atoms with van der Waals surface area (Å²) < 4.78 is 5.85. The van der Waals surface area contributed by atoms with E-state index >= 15 is 0 Å². The molecule has 3 rings (SSSR count). The lowest BCUT2D eigenvalue weighted by atomic mass is 9.92. The van der Waals surface area contributed by atoms with Gasteiger partial charge in [0, 0.05) is 38.4 Å². The molecule has 8 heteroatoms. The standard InChI is InChI=1S/C28H46N4O4/c1-28(2,3)19-25(33)31-24(27(34)35)13-16-32(17-18-36-20-21-9-10-21)15-5-4-8-23-12-11-22-7-6-14-29-26(22)30-23/h11-12,21,24H,4-10,13-20H2,1-3H3,(H,29,30)(H,31,33)(H,34,35). The van der Waals surface area contributed by atoms with Crippen LogP contribution < -0.4 is 10.6 Å². The number of aryl methyl sites for hydroxylation is 2. The van der Waals surface area contributed by atoms with Crippen LogP contribution in [0.4, 0.5) is 5.82 Å². The topological polar surface area (TPSA) is 104 Å². The normalized spacial score (nSPS) is 16.3. The third-order valence-electron chi connectivity index (χ3n) is 6.77. The van der Waals surface area contributed by atoms with Gasteiger partial charge in [0.15, 0.2) is 0 Å². The minimum atomic E-state index is -0.978. The number of hydrogen-bond donors (Lipinski definition) is 3. The third-order valence-corrected chi connectivity index (χ3v) is 6.77. The van der Waals surface area contributed by atoms with Gasteiger partial charge in [-0.1, -0.05) is 26.8 Å². The van der Waals surface area contributed by atoms with Gasteiger partial charge in [0.25, 0.3) is 0 Å². The number of ether oxygens (including phenoxy) is 1. The van der Waals surface area contributed by atoms with Crippen LogP contribution in [0.1, 0.15) is 77.0 Å². The van der Waals surface area contributed by atoms with Gasteiger partial charge in [-0.25, -0.2) is 9.78 Å². The van der Waals surface area contributed by atoms with Crippen molar-refractivity contribution in [1.29, 1.82) is 0 Å². The molecule has 202 valence electrons. The van der Waals surface area contributed by atoms with E-state index in [0.29, 0.717) is 26.0 Å². The van der Waals surface area contributed by atoms with E-state index in [-0.39, 0.29) is 11.3 Å². The van der Waals surface area contributed by atoms with Crippen molar-refractivity contribution in [3.8, 4) is 0 Å². The highest BCUT2D eigenvalue weighted by Crippen LogP contribution is 2.28. The summed E-state index contributed by atoms with van der Waals surface area (Å²) in [6.07, 6.45) is 8.45. The van der Waals surface area contributed by atoms with Crippen LogP contribution in [0.2, 0.25) is 0 Å². The number of pyridine rings is 1. The van der Waals surface area contributed by atoms with Gasteiger partial charge in [0.05, 0.1) is 6.61 Å². The lowest BCUT2D eigenvalue weighted by Gasteiger charge is -2.25. The Labute approximate surface area is 216 Å². The largest absolute Gasteiger partial charge is 0.480 e. The molecule has 1 fully saturated rings. The Balaban J connectivity index is 1.45. The van der Waals surface area contributed by atoms with Crippen LogP contribution in [0, 0.1) is 11.3 Å². The van der Waals surface area contributed by atoms with Crippen molar-refractivity contribution in [1.82, 2.24) is 15.2 Å². The van der Waals surface area contributed by atoms with Crippen molar-refractivity contribution in [2.24, 2.45) is 11.3 Å². The van der Waals surface area contributed by atoms with Crippen LogP contribution in [0.5, 0.6) is 0 Å². The van der Waals surface area contributed by atoms with Gasteiger partial charge in [0.1, 0.15) is 11.9 Å². The van der Waals surface area contributed by atoms with Crippen LogP contribution in [0.3, 0.4) is 0 Å². The molecule has 1 aromatic rings. The molecule has 1 saturated carbocycles. The molecule has 2 heterocycles. The smallest absolute Gasteiger partial charge is 0.326 e. The summed E-state index contributed by atoms with van der Waals surface area (Å²) in [5.41, 5.74) is 2.25. The van der Waals surface area contributed by atoms with Crippen molar-refractivity contribution >= 4 is 17.7 Å². The summed E-state index contributed by atoms with van der Waals surface area (Å²) in [5, 5.41) is 15.8. The van der Waals surface area contributed by atoms with Gasteiger partial charge in [0.2, 0.25) is 5.91 Å². The van der Waals surface area contributed by atoms with Crippen molar-refractivity contribution < 1.29 is 19.4 Å². The molecular weight excluding hydrogens is 456 g/mol. The van der Waals surface area contributed by atoms with Crippen LogP contribution in [-0.2, 0) is 27.2 Å². The van der Waals surface area contributed by atoms with Gasteiger partial charge in [-0.2, -0.15) is 0 Å². The summed E-state index contributed by atoms with van der Waals surface area (Å²) in [6.45, 7) is 10.7. The highest BCUT2D eigenvalue weighted by molar-refractivity contribution is 5.83. The van der Waals surface area contributed by atoms with Gasteiger partial charge in [-0.3, -0.25) is 4.79 Å². The number of carbonyl (C=O) groups is 2. The molecule has 0 spiro atoms. The zero-order chi connectivity index (χ0) is 26.0. The molecule has 36 heavy (non-hydrogen) atoms. The summed E-state index contributed by atoms with van der Waals surface area (Å²) in [4.78, 5) is 31.2. The number of carbonyl (C=O) groups excluding carboxylic acids is 1. The molecule has 1 atom stereocenters. The first-order valence-electron chi connectivity index (χ1n) is 13.7. The van der Waals surface area contributed by atoms with Gasteiger partial charge in [-0.05, 0) is 80.9 Å². The second-order valence-electron chi connectivity index (χ2n) is 11.6. The molecule has 3 N–H and O–H groups in total. The number of carboxylic acid groups (broad SMARTS) is 1. The fourth-order valence-corrected chi connectivity index (χ4v) is 4.51. The van der Waals surface area contributed by atoms with Gasteiger partial charge in [-0.15, -0.1) is 0 Å². The maximum Gasteiger partial charge on any atom is 0.326 e. The van der Waals surface area contributed by atoms with Crippen LogP contribution >= 0.6 is 0 Å². The lowest BCUT2D eigenvalue weighted by Crippen LogP contribution is -2.44. The van der Waals surface area contributed by atoms with Crippen LogP contribution in [0.15, 0.2) is 12.1 Å². The summed E-state index contributed by atoms with van der Waals surface area (Å²) in [6, 6.07) is 3.47. The average molecular weight is 503 g/mol. The molecule has 0 radical (unpaired) electrons. The molecule has 1 amide bonds. The first-order valence-corrected chi connectivity index (χ1v) is 13.7. The Morgan fingerprint density at radius 1 is 1.22 bits per heavy atom. The molecule has 1 unspecified atom stereocenters. The average Bonchev–Trinajstić information content (AvgIpc) is 3.64. The number of nitrogens with one attached hydrogen (secondary N) is 2. The van der Waals surface area contributed by atoms with E-state index in [2.05, 4.69) is 27.7 Å². The predicted octanol–water partition coefficient (Wildman–Crippen LogP) is 3.89. The van der Waals surface area contributed by atoms with E-state index in [4.69, 9.17) is 9.72 Å². The zero-order valence-corrected chi connectivity index (χ0v) is 22.5. The molecule has 2 aliphatic rings. The van der Waals surface area contributed by atoms with E-state index in [1.807, 2.05) is 20.8 Å². The van der Waals surface area contributed by atoms with Crippen LogP contribution in [-0.4, -0.2) is 72.3 Å². The number of hydrogen-bond acceptors (Lipinski definition) is 6. The summed E-state index contributed by atoms with van der Waals surface area (Å²) >= 11 is 0. The number of rotatable bonds is 16.